The van der Waals surface area contributed by atoms with Gasteiger partial charge in [0.05, 0.1) is 18.8 Å². The van der Waals surface area contributed by atoms with E-state index in [2.05, 4.69) is 6.58 Å². The highest BCUT2D eigenvalue weighted by molar-refractivity contribution is 5.02. The molecule has 1 aliphatic heterocycles. The Morgan fingerprint density at radius 1 is 1.54 bits per heavy atom. The van der Waals surface area contributed by atoms with Gasteiger partial charge in [-0.25, -0.2) is 0 Å². The Bertz CT molecular complexity index is 192. The molecule has 3 N–H and O–H groups in total. The highest BCUT2D eigenvalue weighted by Gasteiger charge is 2.36. The minimum Gasteiger partial charge on any atom is -0.394 e. The second kappa shape index (κ2) is 4.19. The van der Waals surface area contributed by atoms with Gasteiger partial charge < -0.3 is 20.1 Å². The predicted molar refractivity (Wildman–Crippen MR) is 47.2 cm³/mol. The first kappa shape index (κ1) is 10.7. The van der Waals surface area contributed by atoms with Crippen LogP contribution in [-0.2, 0) is 4.74 Å². The zero-order valence-corrected chi connectivity index (χ0v) is 7.68. The van der Waals surface area contributed by atoms with Crippen molar-refractivity contribution in [3.63, 3.8) is 0 Å². The Kier molecular flexibility index (Phi) is 3.44. The normalized spacial score (nSPS) is 40.3. The molecule has 1 aliphatic rings. The molecule has 0 aliphatic carbocycles. The summed E-state index contributed by atoms with van der Waals surface area (Å²) in [5.74, 6) is 0. The van der Waals surface area contributed by atoms with Gasteiger partial charge in [0, 0.05) is 6.42 Å². The lowest BCUT2D eigenvalue weighted by Crippen LogP contribution is -2.50. The van der Waals surface area contributed by atoms with Gasteiger partial charge in [0.15, 0.2) is 0 Å². The smallest absolute Gasteiger partial charge is 0.110 e. The maximum Gasteiger partial charge on any atom is 0.110 e. The Morgan fingerprint density at radius 2 is 2.15 bits per heavy atom. The fourth-order valence-corrected chi connectivity index (χ4v) is 1.42. The topological polar surface area (TPSA) is 69.9 Å². The van der Waals surface area contributed by atoms with Crippen LogP contribution in [0.3, 0.4) is 0 Å². The van der Waals surface area contributed by atoms with Gasteiger partial charge in [-0.3, -0.25) is 0 Å². The van der Waals surface area contributed by atoms with E-state index < -0.39 is 18.3 Å². The van der Waals surface area contributed by atoms with Crippen molar-refractivity contribution in [2.45, 2.75) is 37.8 Å². The summed E-state index contributed by atoms with van der Waals surface area (Å²) >= 11 is 0. The number of ether oxygens (including phenoxy) is 1. The first-order valence-corrected chi connectivity index (χ1v) is 4.34. The number of hydrogen-bond donors (Lipinski definition) is 3. The molecule has 1 fully saturated rings. The van der Waals surface area contributed by atoms with Gasteiger partial charge in [0.25, 0.3) is 0 Å². The first-order valence-electron chi connectivity index (χ1n) is 4.34. The quantitative estimate of drug-likeness (QED) is 0.508. The van der Waals surface area contributed by atoms with E-state index in [4.69, 9.17) is 9.84 Å². The lowest BCUT2D eigenvalue weighted by atomic mass is 9.95. The lowest BCUT2D eigenvalue weighted by molar-refractivity contribution is -0.169. The summed E-state index contributed by atoms with van der Waals surface area (Å²) in [5.41, 5.74) is 0.796. The van der Waals surface area contributed by atoms with Crippen molar-refractivity contribution in [3.8, 4) is 0 Å². The van der Waals surface area contributed by atoms with Crippen LogP contribution in [0.1, 0.15) is 13.3 Å². The molecule has 0 spiro atoms. The van der Waals surface area contributed by atoms with Gasteiger partial charge in [-0.15, -0.1) is 0 Å². The maximum atomic E-state index is 9.42. The Labute approximate surface area is 77.5 Å². The Balaban J connectivity index is 2.63. The van der Waals surface area contributed by atoms with Crippen molar-refractivity contribution in [3.05, 3.63) is 12.2 Å². The molecule has 13 heavy (non-hydrogen) atoms. The standard InChI is InChI=1S/C9H16O4/c1-5(2)7-3-6(11)9(12)8(4-10)13-7/h6-12H,1,3-4H2,2H3/t6?,7?,8?,9-/m0/s1. The number of aliphatic hydroxyl groups excluding tert-OH is 3. The second-order valence-corrected chi connectivity index (χ2v) is 3.49. The molecular formula is C9H16O4. The average molecular weight is 188 g/mol. The molecular weight excluding hydrogens is 172 g/mol. The zero-order valence-electron chi connectivity index (χ0n) is 7.68. The monoisotopic (exact) mass is 188 g/mol. The molecule has 0 amide bonds. The van der Waals surface area contributed by atoms with E-state index in [0.29, 0.717) is 6.42 Å². The first-order chi connectivity index (χ1) is 6.06. The molecule has 76 valence electrons. The molecule has 1 rings (SSSR count). The SMILES string of the molecule is C=C(C)C1CC(O)[C@H](O)C(CO)O1. The lowest BCUT2D eigenvalue weighted by Gasteiger charge is -2.36. The van der Waals surface area contributed by atoms with Crippen LogP contribution in [0, 0.1) is 0 Å². The summed E-state index contributed by atoms with van der Waals surface area (Å²) in [4.78, 5) is 0. The van der Waals surface area contributed by atoms with Crippen LogP contribution in [0.4, 0.5) is 0 Å². The molecule has 4 nitrogen and oxygen atoms in total. The summed E-state index contributed by atoms with van der Waals surface area (Å²) in [5, 5.41) is 27.6. The van der Waals surface area contributed by atoms with Crippen LogP contribution in [0.5, 0.6) is 0 Å². The largest absolute Gasteiger partial charge is 0.394 e. The van der Waals surface area contributed by atoms with E-state index in [1.165, 1.54) is 0 Å². The summed E-state index contributed by atoms with van der Waals surface area (Å²) in [6, 6.07) is 0. The third-order valence-corrected chi connectivity index (χ3v) is 2.30. The van der Waals surface area contributed by atoms with Crippen molar-refractivity contribution >= 4 is 0 Å². The van der Waals surface area contributed by atoms with E-state index in [-0.39, 0.29) is 12.7 Å². The highest BCUT2D eigenvalue weighted by atomic mass is 16.5. The van der Waals surface area contributed by atoms with Gasteiger partial charge in [0.2, 0.25) is 0 Å². The van der Waals surface area contributed by atoms with Gasteiger partial charge in [-0.1, -0.05) is 12.2 Å². The molecule has 0 aromatic rings. The average Bonchev–Trinajstić information content (AvgIpc) is 2.09. The summed E-state index contributed by atoms with van der Waals surface area (Å²) < 4.78 is 5.32. The van der Waals surface area contributed by atoms with Crippen LogP contribution < -0.4 is 0 Å². The molecule has 1 heterocycles. The number of hydrogen-bond acceptors (Lipinski definition) is 4. The fourth-order valence-electron chi connectivity index (χ4n) is 1.42. The molecule has 0 aromatic carbocycles. The second-order valence-electron chi connectivity index (χ2n) is 3.49. The van der Waals surface area contributed by atoms with Crippen LogP contribution >= 0.6 is 0 Å². The van der Waals surface area contributed by atoms with Crippen molar-refractivity contribution in [2.24, 2.45) is 0 Å². The third kappa shape index (κ3) is 2.28. The van der Waals surface area contributed by atoms with Crippen LogP contribution in [0.15, 0.2) is 12.2 Å². The molecule has 4 heteroatoms. The van der Waals surface area contributed by atoms with Crippen molar-refractivity contribution in [2.75, 3.05) is 6.61 Å². The Hall–Kier alpha value is -0.420. The van der Waals surface area contributed by atoms with Gasteiger partial charge in [-0.05, 0) is 6.92 Å². The molecule has 0 radical (unpaired) electrons. The third-order valence-electron chi connectivity index (χ3n) is 2.30. The minimum atomic E-state index is -0.999. The highest BCUT2D eigenvalue weighted by Crippen LogP contribution is 2.23. The van der Waals surface area contributed by atoms with Gasteiger partial charge >= 0.3 is 0 Å². The van der Waals surface area contributed by atoms with Gasteiger partial charge in [-0.2, -0.15) is 0 Å². The predicted octanol–water partition coefficient (Wildman–Crippen LogP) is -0.566. The van der Waals surface area contributed by atoms with Crippen LogP contribution in [-0.4, -0.2) is 46.3 Å². The molecule has 0 saturated carbocycles. The summed E-state index contributed by atoms with van der Waals surface area (Å²) in [6.07, 6.45) is -2.47. The van der Waals surface area contributed by atoms with Crippen LogP contribution in [0.2, 0.25) is 0 Å². The van der Waals surface area contributed by atoms with E-state index in [9.17, 15) is 10.2 Å². The van der Waals surface area contributed by atoms with Crippen molar-refractivity contribution in [1.29, 1.82) is 0 Å². The molecule has 3 unspecified atom stereocenters. The zero-order chi connectivity index (χ0) is 10.0. The molecule has 1 saturated heterocycles. The van der Waals surface area contributed by atoms with Crippen molar-refractivity contribution < 1.29 is 20.1 Å². The summed E-state index contributed by atoms with van der Waals surface area (Å²) in [6.45, 7) is 5.21. The van der Waals surface area contributed by atoms with E-state index in [0.717, 1.165) is 5.57 Å². The molecule has 0 aromatic heterocycles. The van der Waals surface area contributed by atoms with Gasteiger partial charge in [0.1, 0.15) is 12.2 Å². The Morgan fingerprint density at radius 3 is 2.62 bits per heavy atom. The van der Waals surface area contributed by atoms with E-state index in [1.807, 2.05) is 0 Å². The molecule has 4 atom stereocenters. The van der Waals surface area contributed by atoms with E-state index in [1.54, 1.807) is 6.92 Å². The van der Waals surface area contributed by atoms with Crippen LogP contribution in [0.25, 0.3) is 0 Å². The number of aliphatic hydroxyl groups is 3. The maximum absolute atomic E-state index is 9.42. The molecule has 0 bridgehead atoms. The number of rotatable bonds is 2. The fraction of sp³-hybridized carbons (Fsp3) is 0.778. The van der Waals surface area contributed by atoms with Crippen molar-refractivity contribution in [1.82, 2.24) is 0 Å². The summed E-state index contributed by atoms with van der Waals surface area (Å²) in [7, 11) is 0. The van der Waals surface area contributed by atoms with E-state index >= 15 is 0 Å². The minimum absolute atomic E-state index is 0.268.